The molecule has 9 rings (SSSR count). The van der Waals surface area contributed by atoms with Gasteiger partial charge in [0.25, 0.3) is 5.91 Å². The number of likely N-dealkylation sites (tertiary alicyclic amines) is 1. The fraction of sp³-hybridized carbons (Fsp3) is 0.212. The number of piperidine rings is 1. The van der Waals surface area contributed by atoms with Crippen molar-refractivity contribution in [3.63, 3.8) is 0 Å². The Balaban J connectivity index is 0.000000145. The van der Waals surface area contributed by atoms with Gasteiger partial charge in [0, 0.05) is 60.2 Å². The van der Waals surface area contributed by atoms with Crippen molar-refractivity contribution >= 4 is 69.6 Å². The van der Waals surface area contributed by atoms with Gasteiger partial charge in [-0.1, -0.05) is 0 Å². The molecule has 6 aromatic rings. The summed E-state index contributed by atoms with van der Waals surface area (Å²) in [5, 5.41) is 16.7. The highest BCUT2D eigenvalue weighted by Crippen LogP contribution is 2.27. The van der Waals surface area contributed by atoms with Crippen LogP contribution in [0.4, 0.5) is 23.3 Å². The molecule has 5 N–H and O–H groups in total. The number of pyridine rings is 2. The number of aromatic carboxylic acids is 1. The molecule has 16 nitrogen and oxygen atoms in total. The van der Waals surface area contributed by atoms with E-state index in [2.05, 4.69) is 60.5 Å². The van der Waals surface area contributed by atoms with Crippen molar-refractivity contribution in [2.45, 2.75) is 32.4 Å². The number of amides is 1. The highest BCUT2D eigenvalue weighted by molar-refractivity contribution is 6.00. The van der Waals surface area contributed by atoms with Crippen LogP contribution in [-0.2, 0) is 13.1 Å². The first-order valence-electron chi connectivity index (χ1n) is 15.7. The number of H-pyrrole nitrogens is 2. The van der Waals surface area contributed by atoms with Crippen LogP contribution in [0, 0.1) is 0 Å². The number of rotatable bonds is 6. The van der Waals surface area contributed by atoms with E-state index < -0.39 is 5.97 Å². The molecule has 16 heteroatoms. The standard InChI is InChI=1S/C19H19N7O.C14H10N6O2/c27-19(26-4-2-1-3-5-26)15-7-14-17(24-15)22-11-23-18(14)25-16-6-12-8-20-9-13(12)10-21-16;21-14(22)10-2-9-12(19-10)17-6-18-13(9)20-11-1-7-3-15-4-8(7)5-16-11/h6-8,10-11H,1-5,9H2,(H2,21,22,23,24,25);1-3,5-6H,4H2,(H,21,22)(H2,16,17,18,19,20). The number of carboxylic acids is 1. The molecule has 0 unspecified atom stereocenters. The van der Waals surface area contributed by atoms with Gasteiger partial charge < -0.3 is 30.6 Å². The Morgan fingerprint density at radius 3 is 1.76 bits per heavy atom. The van der Waals surface area contributed by atoms with Gasteiger partial charge in [0.2, 0.25) is 0 Å². The first-order chi connectivity index (χ1) is 24.0. The van der Waals surface area contributed by atoms with Crippen LogP contribution in [0.15, 0.2) is 59.3 Å². The molecule has 0 aromatic carbocycles. The highest BCUT2D eigenvalue weighted by atomic mass is 16.4. The Morgan fingerprint density at radius 1 is 0.673 bits per heavy atom. The van der Waals surface area contributed by atoms with E-state index in [1.165, 1.54) is 25.1 Å². The highest BCUT2D eigenvalue weighted by Gasteiger charge is 2.21. The van der Waals surface area contributed by atoms with Gasteiger partial charge in [0.15, 0.2) is 0 Å². The Morgan fingerprint density at radius 2 is 1.20 bits per heavy atom. The number of anilines is 4. The van der Waals surface area contributed by atoms with Crippen molar-refractivity contribution in [1.82, 2.24) is 44.8 Å². The average molecular weight is 656 g/mol. The van der Waals surface area contributed by atoms with Gasteiger partial charge >= 0.3 is 5.97 Å². The zero-order valence-corrected chi connectivity index (χ0v) is 26.0. The molecule has 0 atom stereocenters. The van der Waals surface area contributed by atoms with Crippen LogP contribution in [0.3, 0.4) is 0 Å². The topological polar surface area (TPSA) is 215 Å². The number of nitrogens with zero attached hydrogens (tertiary/aromatic N) is 9. The summed E-state index contributed by atoms with van der Waals surface area (Å²) in [6.07, 6.45) is 13.4. The molecule has 6 aromatic heterocycles. The Bertz CT molecular complexity index is 2300. The zero-order chi connectivity index (χ0) is 33.3. The normalized spacial score (nSPS) is 14.4. The van der Waals surface area contributed by atoms with Crippen molar-refractivity contribution < 1.29 is 14.7 Å². The van der Waals surface area contributed by atoms with Gasteiger partial charge in [-0.3, -0.25) is 14.8 Å². The quantitative estimate of drug-likeness (QED) is 0.170. The number of carboxylic acid groups (broad SMARTS) is 1. The van der Waals surface area contributed by atoms with Gasteiger partial charge in [-0.05, 0) is 43.5 Å². The molecule has 0 saturated carbocycles. The van der Waals surface area contributed by atoms with E-state index in [1.54, 1.807) is 12.4 Å². The largest absolute Gasteiger partial charge is 0.477 e. The molecule has 1 saturated heterocycles. The van der Waals surface area contributed by atoms with Crippen LogP contribution in [-0.4, -0.2) is 87.3 Å². The van der Waals surface area contributed by atoms with Gasteiger partial charge in [-0.15, -0.1) is 0 Å². The third kappa shape index (κ3) is 6.02. The minimum absolute atomic E-state index is 0.0190. The molecule has 3 aliphatic heterocycles. The third-order valence-electron chi connectivity index (χ3n) is 8.48. The SMILES string of the molecule is O=C(O)c1cc2c(Nc3cc4c(cn3)CN=C4)ncnc2[nH]1.O=C(c1cc2c(Nc3cc4c(cn3)CN=C4)ncnc2[nH]1)N1CCCCC1. The molecule has 0 spiro atoms. The summed E-state index contributed by atoms with van der Waals surface area (Å²) in [6.45, 7) is 2.96. The summed E-state index contributed by atoms with van der Waals surface area (Å²) in [7, 11) is 0. The number of nitrogens with one attached hydrogen (secondary N) is 4. The number of carbonyl (C=O) groups is 2. The second kappa shape index (κ2) is 12.6. The van der Waals surface area contributed by atoms with Crippen molar-refractivity contribution in [1.29, 1.82) is 0 Å². The van der Waals surface area contributed by atoms with E-state index in [4.69, 9.17) is 5.11 Å². The minimum Gasteiger partial charge on any atom is -0.477 e. The maximum absolute atomic E-state index is 12.8. The number of hydrogen-bond donors (Lipinski definition) is 5. The van der Waals surface area contributed by atoms with Crippen LogP contribution >= 0.6 is 0 Å². The van der Waals surface area contributed by atoms with Crippen LogP contribution in [0.1, 0.15) is 62.5 Å². The lowest BCUT2D eigenvalue weighted by Crippen LogP contribution is -2.35. The van der Waals surface area contributed by atoms with Crippen LogP contribution in [0.2, 0.25) is 0 Å². The first kappa shape index (κ1) is 29.8. The average Bonchev–Trinajstić information content (AvgIpc) is 3.94. The number of carbonyl (C=O) groups excluding carboxylic acids is 1. The van der Waals surface area contributed by atoms with E-state index >= 15 is 0 Å². The smallest absolute Gasteiger partial charge is 0.352 e. The molecule has 244 valence electrons. The molecule has 9 heterocycles. The van der Waals surface area contributed by atoms with Crippen molar-refractivity contribution in [2.24, 2.45) is 9.98 Å². The molecular weight excluding hydrogens is 626 g/mol. The van der Waals surface area contributed by atoms with Crippen LogP contribution in [0.25, 0.3) is 22.1 Å². The number of hydrogen-bond acceptors (Lipinski definition) is 12. The van der Waals surface area contributed by atoms with E-state index in [0.717, 1.165) is 53.6 Å². The molecule has 0 bridgehead atoms. The molecule has 0 aliphatic carbocycles. The van der Waals surface area contributed by atoms with E-state index in [-0.39, 0.29) is 11.6 Å². The fourth-order valence-corrected chi connectivity index (χ4v) is 5.94. The van der Waals surface area contributed by atoms with E-state index in [0.29, 0.717) is 58.7 Å². The summed E-state index contributed by atoms with van der Waals surface area (Å²) >= 11 is 0. The molecule has 1 amide bonds. The minimum atomic E-state index is -1.05. The summed E-state index contributed by atoms with van der Waals surface area (Å²) in [4.78, 5) is 65.6. The summed E-state index contributed by atoms with van der Waals surface area (Å²) in [5.74, 6) is 1.39. The van der Waals surface area contributed by atoms with Crippen LogP contribution in [0.5, 0.6) is 0 Å². The van der Waals surface area contributed by atoms with Crippen molar-refractivity contribution in [3.8, 4) is 0 Å². The number of aromatic amines is 2. The van der Waals surface area contributed by atoms with Crippen molar-refractivity contribution in [2.75, 3.05) is 23.7 Å². The summed E-state index contributed by atoms with van der Waals surface area (Å²) < 4.78 is 0. The molecule has 1 fully saturated rings. The Labute approximate surface area is 277 Å². The zero-order valence-electron chi connectivity index (χ0n) is 26.0. The maximum Gasteiger partial charge on any atom is 0.352 e. The van der Waals surface area contributed by atoms with E-state index in [1.807, 2.05) is 35.5 Å². The lowest BCUT2D eigenvalue weighted by molar-refractivity contribution is 0.0689. The lowest BCUT2D eigenvalue weighted by Gasteiger charge is -2.26. The number of aromatic nitrogens is 8. The Kier molecular flexibility index (Phi) is 7.63. The second-order valence-corrected chi connectivity index (χ2v) is 11.7. The lowest BCUT2D eigenvalue weighted by atomic mass is 10.1. The molecular formula is C33H29N13O3. The molecule has 49 heavy (non-hydrogen) atoms. The fourth-order valence-electron chi connectivity index (χ4n) is 5.94. The molecule has 3 aliphatic rings. The second-order valence-electron chi connectivity index (χ2n) is 11.7. The van der Waals surface area contributed by atoms with Gasteiger partial charge in [0.1, 0.15) is 58.6 Å². The van der Waals surface area contributed by atoms with Crippen LogP contribution < -0.4 is 10.6 Å². The number of aliphatic imine (C=N–C) groups is 2. The predicted molar refractivity (Wildman–Crippen MR) is 182 cm³/mol. The maximum atomic E-state index is 12.8. The monoisotopic (exact) mass is 655 g/mol. The summed E-state index contributed by atoms with van der Waals surface area (Å²) in [6, 6.07) is 7.15. The van der Waals surface area contributed by atoms with E-state index in [9.17, 15) is 9.59 Å². The van der Waals surface area contributed by atoms with Crippen molar-refractivity contribution in [3.05, 3.63) is 83.0 Å². The van der Waals surface area contributed by atoms with Gasteiger partial charge in [0.05, 0.1) is 23.9 Å². The Hall–Kier alpha value is -6.58. The van der Waals surface area contributed by atoms with Gasteiger partial charge in [-0.2, -0.15) is 0 Å². The summed E-state index contributed by atoms with van der Waals surface area (Å²) in [5.41, 5.74) is 5.97. The number of fused-ring (bicyclic) bond motifs is 4. The van der Waals surface area contributed by atoms with Gasteiger partial charge in [-0.25, -0.2) is 34.7 Å². The predicted octanol–water partition coefficient (Wildman–Crippen LogP) is 4.38. The first-order valence-corrected chi connectivity index (χ1v) is 15.7. The third-order valence-corrected chi connectivity index (χ3v) is 8.48. The molecule has 0 radical (unpaired) electrons.